The van der Waals surface area contributed by atoms with Crippen molar-refractivity contribution in [2.45, 2.75) is 122 Å². The summed E-state index contributed by atoms with van der Waals surface area (Å²) in [6.45, 7) is 4.03. The zero-order valence-electron chi connectivity index (χ0n) is 26.6. The Hall–Kier alpha value is -1.82. The number of anilines is 2. The highest BCUT2D eigenvalue weighted by Crippen LogP contribution is 2.42. The van der Waals surface area contributed by atoms with E-state index in [0.717, 1.165) is 6.42 Å². The SMILES string of the molecule is CCCCCCCCCCCCCCCCCOCCCOP(=O)(O)CO[C@@H](COC)Cn1cnc2c(N)nc(N)nc21. The van der Waals surface area contributed by atoms with Crippen LogP contribution in [-0.2, 0) is 29.8 Å². The minimum atomic E-state index is -3.94. The van der Waals surface area contributed by atoms with Gasteiger partial charge in [0.05, 0.1) is 32.2 Å². The third-order valence-corrected chi connectivity index (χ3v) is 8.41. The fraction of sp³-hybridized carbons (Fsp3) is 0.833. The lowest BCUT2D eigenvalue weighted by atomic mass is 10.0. The second-order valence-corrected chi connectivity index (χ2v) is 13.1. The van der Waals surface area contributed by atoms with E-state index in [0.29, 0.717) is 30.8 Å². The molecule has 0 radical (unpaired) electrons. The number of unbranched alkanes of at least 4 members (excludes halogenated alkanes) is 14. The van der Waals surface area contributed by atoms with Gasteiger partial charge in [-0.1, -0.05) is 96.8 Å². The van der Waals surface area contributed by atoms with Crippen LogP contribution in [0.5, 0.6) is 0 Å². The maximum atomic E-state index is 12.5. The standard InChI is InChI=1S/C30H57N6O6P/c1-3-4-5-6-7-8-9-10-11-12-13-14-15-16-17-19-40-20-18-21-42-43(37,38)25-41-26(23-39-2)22-36-24-33-27-28(31)34-30(32)35-29(27)36/h24,26H,3-23,25H2,1-2H3,(H,37,38)(H4,31,32,34,35)/t26-/m1/s1. The Morgan fingerprint density at radius 2 is 1.44 bits per heavy atom. The van der Waals surface area contributed by atoms with Crippen molar-refractivity contribution >= 4 is 30.5 Å². The molecule has 2 aromatic rings. The van der Waals surface area contributed by atoms with Gasteiger partial charge >= 0.3 is 7.60 Å². The molecule has 0 aliphatic rings. The molecule has 13 heteroatoms. The molecule has 0 aliphatic carbocycles. The molecule has 0 fully saturated rings. The van der Waals surface area contributed by atoms with E-state index in [1.54, 1.807) is 4.57 Å². The molecule has 2 rings (SSSR count). The van der Waals surface area contributed by atoms with Gasteiger partial charge in [-0.05, 0) is 12.8 Å². The minimum absolute atomic E-state index is 0.0306. The molecule has 2 atom stereocenters. The van der Waals surface area contributed by atoms with Gasteiger partial charge < -0.3 is 39.7 Å². The first kappa shape index (κ1) is 37.4. The molecule has 0 aliphatic heterocycles. The number of rotatable bonds is 28. The summed E-state index contributed by atoms with van der Waals surface area (Å²) in [7, 11) is -2.42. The number of aromatic nitrogens is 4. The monoisotopic (exact) mass is 628 g/mol. The molecule has 0 aromatic carbocycles. The lowest BCUT2D eigenvalue weighted by Crippen LogP contribution is -2.26. The van der Waals surface area contributed by atoms with Crippen LogP contribution in [0.15, 0.2) is 6.33 Å². The summed E-state index contributed by atoms with van der Waals surface area (Å²) in [5.41, 5.74) is 12.4. The zero-order chi connectivity index (χ0) is 31.2. The Kier molecular flexibility index (Phi) is 19.7. The second kappa shape index (κ2) is 22.7. The molecule has 248 valence electrons. The van der Waals surface area contributed by atoms with Crippen molar-refractivity contribution in [2.24, 2.45) is 0 Å². The summed E-state index contributed by atoms with van der Waals surface area (Å²) in [6.07, 6.45) is 21.1. The summed E-state index contributed by atoms with van der Waals surface area (Å²) in [5, 5.41) is 0. The molecule has 1 unspecified atom stereocenters. The molecule has 5 N–H and O–H groups in total. The fourth-order valence-electron chi connectivity index (χ4n) is 4.96. The Morgan fingerprint density at radius 1 is 0.860 bits per heavy atom. The van der Waals surface area contributed by atoms with Crippen molar-refractivity contribution in [2.75, 3.05) is 51.4 Å². The lowest BCUT2D eigenvalue weighted by Gasteiger charge is -2.20. The van der Waals surface area contributed by atoms with Crippen LogP contribution in [0.1, 0.15) is 110 Å². The first-order chi connectivity index (χ1) is 20.9. The van der Waals surface area contributed by atoms with E-state index in [1.165, 1.54) is 103 Å². The normalized spacial score (nSPS) is 13.9. The van der Waals surface area contributed by atoms with Crippen LogP contribution in [0.2, 0.25) is 0 Å². The predicted octanol–water partition coefficient (Wildman–Crippen LogP) is 6.46. The Morgan fingerprint density at radius 3 is 2.05 bits per heavy atom. The van der Waals surface area contributed by atoms with Crippen LogP contribution in [0.4, 0.5) is 11.8 Å². The molecular formula is C30H57N6O6P. The van der Waals surface area contributed by atoms with Crippen molar-refractivity contribution < 1.29 is 28.2 Å². The summed E-state index contributed by atoms with van der Waals surface area (Å²) in [4.78, 5) is 22.5. The highest BCUT2D eigenvalue weighted by Gasteiger charge is 2.23. The van der Waals surface area contributed by atoms with Gasteiger partial charge in [-0.3, -0.25) is 4.57 Å². The third kappa shape index (κ3) is 16.7. The van der Waals surface area contributed by atoms with Crippen LogP contribution in [0, 0.1) is 0 Å². The molecule has 0 saturated heterocycles. The average Bonchev–Trinajstić information content (AvgIpc) is 3.37. The van der Waals surface area contributed by atoms with E-state index in [2.05, 4.69) is 21.9 Å². The number of imidazole rings is 1. The van der Waals surface area contributed by atoms with Crippen molar-refractivity contribution in [1.82, 2.24) is 19.5 Å². The third-order valence-electron chi connectivity index (χ3n) is 7.35. The first-order valence-electron chi connectivity index (χ1n) is 16.2. The van der Waals surface area contributed by atoms with Crippen molar-refractivity contribution in [3.63, 3.8) is 0 Å². The van der Waals surface area contributed by atoms with Gasteiger partial charge in [-0.15, -0.1) is 0 Å². The van der Waals surface area contributed by atoms with Gasteiger partial charge in [0, 0.05) is 20.3 Å². The van der Waals surface area contributed by atoms with E-state index >= 15 is 0 Å². The van der Waals surface area contributed by atoms with Gasteiger partial charge in [-0.25, -0.2) is 4.98 Å². The summed E-state index contributed by atoms with van der Waals surface area (Å²) < 4.78 is 35.9. The van der Waals surface area contributed by atoms with Crippen LogP contribution in [0.25, 0.3) is 11.2 Å². The number of nitrogens with two attached hydrogens (primary N) is 2. The van der Waals surface area contributed by atoms with Crippen molar-refractivity contribution in [1.29, 1.82) is 0 Å². The number of nitrogens with zero attached hydrogens (tertiary/aromatic N) is 4. The maximum absolute atomic E-state index is 12.5. The van der Waals surface area contributed by atoms with E-state index < -0.39 is 20.0 Å². The molecule has 12 nitrogen and oxygen atoms in total. The average molecular weight is 629 g/mol. The van der Waals surface area contributed by atoms with Crippen molar-refractivity contribution in [3.8, 4) is 0 Å². The Balaban J connectivity index is 1.45. The number of methoxy groups -OCH3 is 1. The van der Waals surface area contributed by atoms with E-state index in [-0.39, 0.29) is 31.5 Å². The summed E-state index contributed by atoms with van der Waals surface area (Å²) in [6, 6.07) is 0. The van der Waals surface area contributed by atoms with E-state index in [1.807, 2.05) is 0 Å². The summed E-state index contributed by atoms with van der Waals surface area (Å²) in [5.74, 6) is 0.209. The van der Waals surface area contributed by atoms with E-state index in [4.69, 9.17) is 30.2 Å². The van der Waals surface area contributed by atoms with E-state index in [9.17, 15) is 9.46 Å². The molecule has 43 heavy (non-hydrogen) atoms. The second-order valence-electron chi connectivity index (χ2n) is 11.3. The molecule has 0 amide bonds. The first-order valence-corrected chi connectivity index (χ1v) is 18.0. The number of nitrogen functional groups attached to an aromatic ring is 2. The molecule has 2 heterocycles. The number of fused-ring (bicyclic) bond motifs is 1. The smallest absolute Gasteiger partial charge is 0.353 e. The molecule has 0 spiro atoms. The predicted molar refractivity (Wildman–Crippen MR) is 172 cm³/mol. The Labute approximate surface area is 258 Å². The largest absolute Gasteiger partial charge is 0.382 e. The van der Waals surface area contributed by atoms with Gasteiger partial charge in [0.15, 0.2) is 11.5 Å². The molecule has 0 bridgehead atoms. The van der Waals surface area contributed by atoms with Crippen LogP contribution < -0.4 is 11.5 Å². The van der Waals surface area contributed by atoms with Gasteiger partial charge in [0.25, 0.3) is 0 Å². The fourth-order valence-corrected chi connectivity index (χ4v) is 5.85. The van der Waals surface area contributed by atoms with Gasteiger partial charge in [0.2, 0.25) is 5.95 Å². The maximum Gasteiger partial charge on any atom is 0.353 e. The Bertz CT molecular complexity index is 1040. The zero-order valence-corrected chi connectivity index (χ0v) is 27.5. The van der Waals surface area contributed by atoms with Gasteiger partial charge in [-0.2, -0.15) is 9.97 Å². The molecule has 0 saturated carbocycles. The number of hydrogen-bond donors (Lipinski definition) is 3. The topological polar surface area (TPSA) is 170 Å². The molecular weight excluding hydrogens is 571 g/mol. The van der Waals surface area contributed by atoms with Gasteiger partial charge in [0.1, 0.15) is 11.9 Å². The summed E-state index contributed by atoms with van der Waals surface area (Å²) >= 11 is 0. The van der Waals surface area contributed by atoms with Crippen LogP contribution >= 0.6 is 7.60 Å². The van der Waals surface area contributed by atoms with Crippen LogP contribution in [0.3, 0.4) is 0 Å². The quantitative estimate of drug-likeness (QED) is 0.0698. The highest BCUT2D eigenvalue weighted by molar-refractivity contribution is 7.52. The lowest BCUT2D eigenvalue weighted by molar-refractivity contribution is 0.00219. The highest BCUT2D eigenvalue weighted by atomic mass is 31.2. The van der Waals surface area contributed by atoms with Crippen LogP contribution in [-0.4, -0.2) is 70.4 Å². The molecule has 2 aromatic heterocycles. The number of hydrogen-bond acceptors (Lipinski definition) is 10. The number of ether oxygens (including phenoxy) is 3. The minimum Gasteiger partial charge on any atom is -0.382 e. The van der Waals surface area contributed by atoms with Crippen molar-refractivity contribution in [3.05, 3.63) is 6.33 Å².